The minimum Gasteiger partial charge on any atom is -0.356 e. The van der Waals surface area contributed by atoms with Gasteiger partial charge in [-0.3, -0.25) is 53.1 Å². The Morgan fingerprint density at radius 1 is 0.421 bits per heavy atom. The Hall–Kier alpha value is -6.23. The molecule has 6 fully saturated rings. The van der Waals surface area contributed by atoms with Gasteiger partial charge in [0.25, 0.3) is 0 Å². The van der Waals surface area contributed by atoms with Gasteiger partial charge in [-0.15, -0.1) is 0 Å². The summed E-state index contributed by atoms with van der Waals surface area (Å²) in [7, 11) is 20.6. The van der Waals surface area contributed by atoms with Gasteiger partial charge in [0.2, 0.25) is 47.3 Å². The number of likely N-dealkylation sites (tertiary alicyclic amines) is 2. The Morgan fingerprint density at radius 3 is 1.36 bits per heavy atom. The monoisotopic (exact) mass is 1510 g/mol. The molecule has 5 aliphatic heterocycles. The third kappa shape index (κ3) is 54.9. The van der Waals surface area contributed by atoms with Crippen molar-refractivity contribution in [1.29, 1.82) is 0 Å². The molecule has 1 aromatic heterocycles. The van der Waals surface area contributed by atoms with E-state index in [-0.39, 0.29) is 47.3 Å². The lowest BCUT2D eigenvalue weighted by molar-refractivity contribution is -0.130. The van der Waals surface area contributed by atoms with Gasteiger partial charge in [0, 0.05) is 231 Å². The summed E-state index contributed by atoms with van der Waals surface area (Å²) in [6.07, 6.45) is 21.6. The number of pyridine rings is 1. The number of likely N-dealkylation sites (N-methyl/N-ethyl adjacent to an activating group) is 5. The lowest BCUT2D eigenvalue weighted by Crippen LogP contribution is -2.46. The number of piperazine rings is 3. The Balaban J connectivity index is 0.000000617. The number of aromatic nitrogens is 1. The maximum Gasteiger partial charge on any atom is 0.219 e. The van der Waals surface area contributed by atoms with Crippen LogP contribution in [0.2, 0.25) is 0 Å². The molecule has 614 valence electrons. The zero-order valence-electron chi connectivity index (χ0n) is 70.4. The number of piperidine rings is 1. The minimum atomic E-state index is 0.0386. The largest absolute Gasteiger partial charge is 0.356 e. The van der Waals surface area contributed by atoms with Crippen molar-refractivity contribution < 1.29 is 38.4 Å². The van der Waals surface area contributed by atoms with Crippen LogP contribution in [0.25, 0.3) is 0 Å². The molecular weight excluding hydrogens is 1350 g/mol. The van der Waals surface area contributed by atoms with Crippen molar-refractivity contribution in [1.82, 2.24) is 90.4 Å². The van der Waals surface area contributed by atoms with Crippen LogP contribution in [0, 0.1) is 5.92 Å². The number of carbonyl (C=O) groups excluding carboxylic acids is 8. The predicted molar refractivity (Wildman–Crippen MR) is 437 cm³/mol. The van der Waals surface area contributed by atoms with Crippen molar-refractivity contribution in [2.24, 2.45) is 5.92 Å². The molecule has 0 spiro atoms. The Bertz CT molecular complexity index is 2660. The highest BCUT2D eigenvalue weighted by Gasteiger charge is 2.24. The summed E-state index contributed by atoms with van der Waals surface area (Å²) in [5.74, 6) is 1.65. The van der Waals surface area contributed by atoms with Crippen LogP contribution in [0.3, 0.4) is 0 Å². The number of carbonyl (C=O) groups is 8. The van der Waals surface area contributed by atoms with Crippen LogP contribution in [0.15, 0.2) is 48.8 Å². The number of amides is 8. The van der Waals surface area contributed by atoms with Crippen LogP contribution in [0.1, 0.15) is 156 Å². The molecule has 6 heterocycles. The molecule has 0 radical (unpaired) electrons. The SMILES string of the molecule is CC(=O)N(C)CCCc1ccncc1.CC(=O)N(C)C[C@@H]1CCCN1C.CC(=O)N1CCN(C)CC1.CC(=O)NCCC1CCC(N(C)C)CC1.CC(=O)NCCCN(C)C.CC(=O)NCCCN1CCCCC1.CC(=O)NCCN1CCN(C)CC1.CC(=O)NCCc1ccc(CN2CCN(C)CC2)cc1. The van der Waals surface area contributed by atoms with Gasteiger partial charge in [0.1, 0.15) is 0 Å². The molecule has 1 saturated carbocycles. The first-order chi connectivity index (χ1) is 50.8. The molecule has 5 N–H and O–H groups in total. The molecule has 2 aromatic rings. The summed E-state index contributed by atoms with van der Waals surface area (Å²) in [4.78, 5) is 116. The van der Waals surface area contributed by atoms with E-state index in [0.717, 1.165) is 194 Å². The van der Waals surface area contributed by atoms with E-state index in [1.807, 2.05) is 45.2 Å². The van der Waals surface area contributed by atoms with Gasteiger partial charge in [-0.1, -0.05) is 30.7 Å². The Kier molecular flexibility index (Phi) is 55.9. The van der Waals surface area contributed by atoms with Crippen LogP contribution >= 0.6 is 0 Å². The van der Waals surface area contributed by atoms with Gasteiger partial charge in [-0.05, 0) is 214 Å². The van der Waals surface area contributed by atoms with Gasteiger partial charge < -0.3 is 75.6 Å². The molecule has 1 atom stereocenters. The van der Waals surface area contributed by atoms with Gasteiger partial charge in [0.15, 0.2) is 0 Å². The second-order valence-electron chi connectivity index (χ2n) is 30.4. The third-order valence-corrected chi connectivity index (χ3v) is 20.2. The van der Waals surface area contributed by atoms with Crippen LogP contribution in [-0.4, -0.2) is 357 Å². The van der Waals surface area contributed by atoms with E-state index in [4.69, 9.17) is 0 Å². The molecule has 1 aliphatic carbocycles. The third-order valence-electron chi connectivity index (χ3n) is 20.2. The van der Waals surface area contributed by atoms with Gasteiger partial charge in [0.05, 0.1) is 0 Å². The number of nitrogens with one attached hydrogen (secondary N) is 5. The summed E-state index contributed by atoms with van der Waals surface area (Å²) >= 11 is 0. The van der Waals surface area contributed by atoms with E-state index in [9.17, 15) is 38.4 Å². The van der Waals surface area contributed by atoms with Crippen LogP contribution in [0.5, 0.6) is 0 Å². The maximum absolute atomic E-state index is 10.9. The first kappa shape index (κ1) is 98.8. The fourth-order valence-electron chi connectivity index (χ4n) is 12.7. The number of nitrogens with zero attached hydrogens (tertiary/aromatic N) is 13. The van der Waals surface area contributed by atoms with Crippen molar-refractivity contribution in [3.05, 3.63) is 65.5 Å². The summed E-state index contributed by atoms with van der Waals surface area (Å²) < 4.78 is 0. The highest BCUT2D eigenvalue weighted by Crippen LogP contribution is 2.28. The molecule has 1 aromatic carbocycles. The lowest BCUT2D eigenvalue weighted by atomic mass is 9.84. The number of hydrogen-bond acceptors (Lipinski definition) is 18. The quantitative estimate of drug-likeness (QED) is 0.0776. The fourth-order valence-corrected chi connectivity index (χ4v) is 12.7. The highest BCUT2D eigenvalue weighted by atomic mass is 16.2. The second kappa shape index (κ2) is 60.6. The summed E-state index contributed by atoms with van der Waals surface area (Å²) in [6, 6.07) is 14.1. The van der Waals surface area contributed by atoms with Gasteiger partial charge >= 0.3 is 0 Å². The molecule has 6 aliphatic rings. The van der Waals surface area contributed by atoms with Gasteiger partial charge in [-0.25, -0.2) is 0 Å². The maximum atomic E-state index is 10.9. The van der Waals surface area contributed by atoms with Crippen molar-refractivity contribution in [2.45, 2.75) is 170 Å². The van der Waals surface area contributed by atoms with Crippen LogP contribution in [0.4, 0.5) is 0 Å². The molecule has 8 amide bonds. The average molecular weight is 1510 g/mol. The highest BCUT2D eigenvalue weighted by molar-refractivity contribution is 5.75. The van der Waals surface area contributed by atoms with Crippen molar-refractivity contribution in [2.75, 3.05) is 234 Å². The lowest BCUT2D eigenvalue weighted by Gasteiger charge is -2.32. The van der Waals surface area contributed by atoms with E-state index in [0.29, 0.717) is 12.6 Å². The Labute approximate surface area is 648 Å². The number of rotatable bonds is 26. The number of benzene rings is 1. The number of hydrogen-bond donors (Lipinski definition) is 5. The summed E-state index contributed by atoms with van der Waals surface area (Å²) in [6.45, 7) is 39.1. The topological polar surface area (TPSA) is 248 Å². The van der Waals surface area contributed by atoms with E-state index in [2.05, 4.69) is 142 Å². The summed E-state index contributed by atoms with van der Waals surface area (Å²) in [5, 5.41) is 14.1. The second-order valence-corrected chi connectivity index (χ2v) is 30.4. The van der Waals surface area contributed by atoms with E-state index < -0.39 is 0 Å². The molecule has 26 heteroatoms. The molecular formula is C81H152N18O8. The minimum absolute atomic E-state index is 0.0386. The summed E-state index contributed by atoms with van der Waals surface area (Å²) in [5.41, 5.74) is 3.93. The fraction of sp³-hybridized carbons (Fsp3) is 0.765. The molecule has 5 saturated heterocycles. The molecule has 8 rings (SSSR count). The molecule has 0 unspecified atom stereocenters. The standard InChI is InChI=1S/C16H25N3O.C12H24N2O.C11H16N2O.C10H20N2O.C9H19N3O.C9H18N2O.C7H14N2O.C7H16N2O/c1-14(20)17-8-7-15-3-5-16(6-4-15)13-19-11-9-18(2)10-12-19;1-10(15)13-9-8-11-4-6-12(7-5-11)14(2)3;1-10(14)13(2)9-3-4-11-5-7-12-8-6-11;1-10(13)11-6-5-9-12-7-3-2-4-8-12;1-9(13)10-3-4-12-7-5-11(2)6-8-12;1-8(12)11(3)7-9-5-4-6-10(9)2;1-7(10)9-5-3-8(2)4-6-9;1-7(10)8-5-4-6-9(2)3/h3-6H,7-13H2,1-2H3,(H,17,20);11-12H,4-9H2,1-3H3,(H,13,15);5-8H,3-4,9H2,1-2H3;2-9H2,1H3,(H,11,13);3-8H2,1-2H3,(H,10,13);9H,4-7H2,1-3H3;3-6H2,1-2H3;4-6H2,1-3H3,(H,8,10)/t;;;;;9-;;/m.....0../s1. The molecule has 26 nitrogen and oxygen atoms in total. The molecule has 0 bridgehead atoms. The smallest absolute Gasteiger partial charge is 0.219 e. The Morgan fingerprint density at radius 2 is 0.879 bits per heavy atom. The van der Waals surface area contributed by atoms with E-state index in [1.54, 1.807) is 70.7 Å². The van der Waals surface area contributed by atoms with Crippen molar-refractivity contribution in [3.8, 4) is 0 Å². The van der Waals surface area contributed by atoms with Crippen molar-refractivity contribution in [3.63, 3.8) is 0 Å². The average Bonchev–Trinajstić information content (AvgIpc) is 1.89. The normalized spacial score (nSPS) is 18.6. The zero-order chi connectivity index (χ0) is 79.9. The van der Waals surface area contributed by atoms with Gasteiger partial charge in [-0.2, -0.15) is 0 Å². The van der Waals surface area contributed by atoms with E-state index in [1.165, 1.54) is 101 Å². The van der Waals surface area contributed by atoms with Crippen LogP contribution in [-0.2, 0) is 57.7 Å². The van der Waals surface area contributed by atoms with Crippen molar-refractivity contribution >= 4 is 47.3 Å². The van der Waals surface area contributed by atoms with Crippen LogP contribution < -0.4 is 26.6 Å². The first-order valence-corrected chi connectivity index (χ1v) is 40.0. The van der Waals surface area contributed by atoms with E-state index >= 15 is 0 Å². The number of aryl methyl sites for hydroxylation is 1. The molecule has 107 heavy (non-hydrogen) atoms. The zero-order valence-corrected chi connectivity index (χ0v) is 70.4. The predicted octanol–water partition coefficient (Wildman–Crippen LogP) is 5.02. The first-order valence-electron chi connectivity index (χ1n) is 40.0.